The molecule has 1 aromatic rings. The van der Waals surface area contributed by atoms with E-state index in [2.05, 4.69) is 9.97 Å². The highest BCUT2D eigenvalue weighted by Crippen LogP contribution is 2.17. The van der Waals surface area contributed by atoms with Gasteiger partial charge in [-0.2, -0.15) is 4.98 Å². The minimum absolute atomic E-state index is 0.332. The third-order valence-electron chi connectivity index (χ3n) is 2.43. The van der Waals surface area contributed by atoms with Gasteiger partial charge in [0, 0.05) is 13.1 Å². The monoisotopic (exact) mass is 270 g/mol. The Labute approximate surface area is 108 Å². The molecule has 0 spiro atoms. The average Bonchev–Trinajstić information content (AvgIpc) is 2.37. The number of nitrogens with one attached hydrogen (secondary N) is 1. The van der Waals surface area contributed by atoms with E-state index in [0.29, 0.717) is 13.1 Å². The Bertz CT molecular complexity index is 523. The molecule has 104 valence electrons. The van der Waals surface area contributed by atoms with Crippen LogP contribution >= 0.6 is 0 Å². The van der Waals surface area contributed by atoms with Crippen LogP contribution in [0.3, 0.4) is 0 Å². The molecule has 0 radical (unpaired) electrons. The molecule has 0 aromatic carbocycles. The van der Waals surface area contributed by atoms with E-state index in [9.17, 15) is 19.7 Å². The highest BCUT2D eigenvalue weighted by atomic mass is 16.6. The first-order valence-corrected chi connectivity index (χ1v) is 5.63. The van der Waals surface area contributed by atoms with Crippen LogP contribution in [0.5, 0.6) is 5.88 Å². The zero-order chi connectivity index (χ0) is 14.4. The van der Waals surface area contributed by atoms with Crippen LogP contribution in [0.25, 0.3) is 0 Å². The van der Waals surface area contributed by atoms with Crippen LogP contribution < -0.4 is 10.3 Å². The number of amides is 1. The molecular formula is C10H14N4O5. The number of aromatic nitrogens is 2. The summed E-state index contributed by atoms with van der Waals surface area (Å²) in [5.41, 5.74) is -1.74. The maximum Gasteiger partial charge on any atom is 0.395 e. The van der Waals surface area contributed by atoms with Crippen molar-refractivity contribution < 1.29 is 14.5 Å². The molecule has 0 bridgehead atoms. The standard InChI is InChI=1S/C10H14N4O5/c1-3-13(4-2)7(15)5-19-10-8(14(17)18)9(16)11-6-12-10/h6H,3-5H2,1-2H3,(H,11,12,16). The summed E-state index contributed by atoms with van der Waals surface area (Å²) < 4.78 is 4.96. The largest absolute Gasteiger partial charge is 0.463 e. The van der Waals surface area contributed by atoms with Crippen LogP contribution in [-0.4, -0.2) is 45.4 Å². The number of hydrogen-bond donors (Lipinski definition) is 1. The number of likely N-dealkylation sites (N-methyl/N-ethyl adjacent to an activating group) is 1. The van der Waals surface area contributed by atoms with Gasteiger partial charge in [0.1, 0.15) is 0 Å². The second kappa shape index (κ2) is 6.47. The van der Waals surface area contributed by atoms with Gasteiger partial charge in [-0.15, -0.1) is 0 Å². The molecule has 1 heterocycles. The number of carbonyl (C=O) groups excluding carboxylic acids is 1. The van der Waals surface area contributed by atoms with Gasteiger partial charge in [-0.25, -0.2) is 0 Å². The molecule has 1 N–H and O–H groups in total. The first-order chi connectivity index (χ1) is 9.01. The normalized spacial score (nSPS) is 10.0. The van der Waals surface area contributed by atoms with Gasteiger partial charge in [-0.05, 0) is 13.8 Å². The van der Waals surface area contributed by atoms with Crippen molar-refractivity contribution in [2.45, 2.75) is 13.8 Å². The minimum atomic E-state index is -0.926. The Morgan fingerprint density at radius 3 is 2.68 bits per heavy atom. The van der Waals surface area contributed by atoms with Crippen molar-refractivity contribution in [3.8, 4) is 5.88 Å². The van der Waals surface area contributed by atoms with E-state index >= 15 is 0 Å². The van der Waals surface area contributed by atoms with Crippen LogP contribution in [0.2, 0.25) is 0 Å². The first-order valence-electron chi connectivity index (χ1n) is 5.63. The third-order valence-corrected chi connectivity index (χ3v) is 2.43. The lowest BCUT2D eigenvalue weighted by molar-refractivity contribution is -0.387. The van der Waals surface area contributed by atoms with E-state index in [1.807, 2.05) is 0 Å². The third kappa shape index (κ3) is 3.50. The van der Waals surface area contributed by atoms with Gasteiger partial charge in [0.25, 0.3) is 5.91 Å². The topological polar surface area (TPSA) is 118 Å². The highest BCUT2D eigenvalue weighted by Gasteiger charge is 2.23. The van der Waals surface area contributed by atoms with Crippen LogP contribution in [0.4, 0.5) is 5.69 Å². The van der Waals surface area contributed by atoms with E-state index in [1.165, 1.54) is 4.90 Å². The van der Waals surface area contributed by atoms with Crippen molar-refractivity contribution in [3.05, 3.63) is 26.8 Å². The van der Waals surface area contributed by atoms with Gasteiger partial charge < -0.3 is 14.6 Å². The number of ether oxygens (including phenoxy) is 1. The maximum atomic E-state index is 11.7. The number of nitrogens with zero attached hydrogens (tertiary/aromatic N) is 3. The molecule has 1 rings (SSSR count). The SMILES string of the molecule is CCN(CC)C(=O)COc1nc[nH]c(=O)c1[N+](=O)[O-]. The number of hydrogen-bond acceptors (Lipinski definition) is 6. The molecule has 0 fully saturated rings. The number of H-pyrrole nitrogens is 1. The molecule has 1 amide bonds. The Kier molecular flexibility index (Phi) is 4.98. The fraction of sp³-hybridized carbons (Fsp3) is 0.500. The van der Waals surface area contributed by atoms with Crippen molar-refractivity contribution in [2.24, 2.45) is 0 Å². The Morgan fingerprint density at radius 2 is 2.16 bits per heavy atom. The van der Waals surface area contributed by atoms with Crippen LogP contribution in [0.1, 0.15) is 13.8 Å². The number of rotatable bonds is 6. The van der Waals surface area contributed by atoms with Gasteiger partial charge in [0.15, 0.2) is 6.61 Å². The van der Waals surface area contributed by atoms with Gasteiger partial charge >= 0.3 is 17.1 Å². The Balaban J connectivity index is 2.84. The second-order valence-corrected chi connectivity index (χ2v) is 3.50. The predicted molar refractivity (Wildman–Crippen MR) is 64.9 cm³/mol. The van der Waals surface area contributed by atoms with Gasteiger partial charge in [0.05, 0.1) is 11.3 Å². The smallest absolute Gasteiger partial charge is 0.395 e. The van der Waals surface area contributed by atoms with Gasteiger partial charge in [0.2, 0.25) is 0 Å². The van der Waals surface area contributed by atoms with Gasteiger partial charge in [-0.1, -0.05) is 0 Å². The molecule has 19 heavy (non-hydrogen) atoms. The summed E-state index contributed by atoms with van der Waals surface area (Å²) in [6, 6.07) is 0. The lowest BCUT2D eigenvalue weighted by atomic mass is 10.4. The van der Waals surface area contributed by atoms with Crippen molar-refractivity contribution >= 4 is 11.6 Å². The van der Waals surface area contributed by atoms with Crippen LogP contribution in [0.15, 0.2) is 11.1 Å². The van der Waals surface area contributed by atoms with E-state index in [1.54, 1.807) is 13.8 Å². The lowest BCUT2D eigenvalue weighted by Gasteiger charge is -2.18. The van der Waals surface area contributed by atoms with Gasteiger partial charge in [-0.3, -0.25) is 19.7 Å². The van der Waals surface area contributed by atoms with E-state index in [4.69, 9.17) is 4.74 Å². The molecule has 9 nitrogen and oxygen atoms in total. The summed E-state index contributed by atoms with van der Waals surface area (Å²) in [4.78, 5) is 39.8. The molecule has 0 aliphatic rings. The van der Waals surface area contributed by atoms with Crippen molar-refractivity contribution in [3.63, 3.8) is 0 Å². The summed E-state index contributed by atoms with van der Waals surface area (Å²) in [6.45, 7) is 4.21. The average molecular weight is 270 g/mol. The zero-order valence-electron chi connectivity index (χ0n) is 10.6. The van der Waals surface area contributed by atoms with Crippen molar-refractivity contribution in [2.75, 3.05) is 19.7 Å². The first kappa shape index (κ1) is 14.6. The zero-order valence-corrected chi connectivity index (χ0v) is 10.6. The summed E-state index contributed by atoms with van der Waals surface area (Å²) in [5.74, 6) is -0.796. The summed E-state index contributed by atoms with van der Waals surface area (Å²) in [5, 5.41) is 10.7. The van der Waals surface area contributed by atoms with E-state index < -0.39 is 28.7 Å². The number of nitro groups is 1. The Hall–Kier alpha value is -2.45. The summed E-state index contributed by atoms with van der Waals surface area (Å²) in [7, 11) is 0. The highest BCUT2D eigenvalue weighted by molar-refractivity contribution is 5.77. The van der Waals surface area contributed by atoms with Crippen LogP contribution in [-0.2, 0) is 4.79 Å². The maximum absolute atomic E-state index is 11.7. The lowest BCUT2D eigenvalue weighted by Crippen LogP contribution is -2.34. The number of carbonyl (C=O) groups is 1. The quantitative estimate of drug-likeness (QED) is 0.570. The molecular weight excluding hydrogens is 256 g/mol. The minimum Gasteiger partial charge on any atom is -0.463 e. The van der Waals surface area contributed by atoms with Crippen molar-refractivity contribution in [1.29, 1.82) is 0 Å². The molecule has 1 aromatic heterocycles. The predicted octanol–water partition coefficient (Wildman–Crippen LogP) is -0.0747. The summed E-state index contributed by atoms with van der Waals surface area (Å²) >= 11 is 0. The fourth-order valence-corrected chi connectivity index (χ4v) is 1.44. The molecule has 0 saturated carbocycles. The molecule has 0 aliphatic carbocycles. The molecule has 9 heteroatoms. The molecule has 0 atom stereocenters. The Morgan fingerprint density at radius 1 is 1.53 bits per heavy atom. The van der Waals surface area contributed by atoms with Crippen LogP contribution in [0, 0.1) is 10.1 Å². The molecule has 0 aliphatic heterocycles. The number of aromatic amines is 1. The fourth-order valence-electron chi connectivity index (χ4n) is 1.44. The molecule has 0 unspecified atom stereocenters. The second-order valence-electron chi connectivity index (χ2n) is 3.50. The summed E-state index contributed by atoms with van der Waals surface area (Å²) in [6.07, 6.45) is 0.979. The van der Waals surface area contributed by atoms with E-state index in [-0.39, 0.29) is 5.91 Å². The van der Waals surface area contributed by atoms with Crippen molar-refractivity contribution in [1.82, 2.24) is 14.9 Å². The van der Waals surface area contributed by atoms with E-state index in [0.717, 1.165) is 6.33 Å². The molecule has 0 saturated heterocycles.